The summed E-state index contributed by atoms with van der Waals surface area (Å²) in [6.45, 7) is 0. The number of rotatable bonds is 2. The van der Waals surface area contributed by atoms with E-state index in [1.165, 1.54) is 6.07 Å². The van der Waals surface area contributed by atoms with Crippen molar-refractivity contribution in [1.29, 1.82) is 0 Å². The first kappa shape index (κ1) is 16.6. The van der Waals surface area contributed by atoms with Crippen molar-refractivity contribution in [2.75, 3.05) is 0 Å². The van der Waals surface area contributed by atoms with Gasteiger partial charge in [0.2, 0.25) is 0 Å². The van der Waals surface area contributed by atoms with Crippen LogP contribution in [0.3, 0.4) is 0 Å². The van der Waals surface area contributed by atoms with Crippen molar-refractivity contribution in [2.24, 2.45) is 0 Å². The summed E-state index contributed by atoms with van der Waals surface area (Å²) in [7, 11) is 0. The zero-order valence-corrected chi connectivity index (χ0v) is 15.0. The van der Waals surface area contributed by atoms with Gasteiger partial charge < -0.3 is 0 Å². The van der Waals surface area contributed by atoms with Crippen LogP contribution >= 0.6 is 0 Å². The van der Waals surface area contributed by atoms with Crippen molar-refractivity contribution in [3.05, 3.63) is 109 Å². The minimum absolute atomic E-state index is 0.299. The molecule has 5 aromatic rings. The largest absolute Gasteiger partial charge is 0.204 e. The third-order valence-electron chi connectivity index (χ3n) is 5.23. The highest BCUT2D eigenvalue weighted by Crippen LogP contribution is 2.41. The second-order valence-electron chi connectivity index (χ2n) is 6.84. The minimum Gasteiger partial charge on any atom is -0.204 e. The van der Waals surface area contributed by atoms with Gasteiger partial charge in [-0.3, -0.25) is 0 Å². The van der Waals surface area contributed by atoms with Gasteiger partial charge in [0.1, 0.15) is 0 Å². The molecule has 2 heteroatoms. The average Bonchev–Trinajstić information content (AvgIpc) is 2.75. The molecule has 5 rings (SSSR count). The number of hydrogen-bond donors (Lipinski definition) is 0. The van der Waals surface area contributed by atoms with Crippen LogP contribution in [0.4, 0.5) is 8.78 Å². The van der Waals surface area contributed by atoms with Crippen molar-refractivity contribution in [3.8, 4) is 22.3 Å². The molecule has 0 unspecified atom stereocenters. The molecule has 0 aliphatic rings. The topological polar surface area (TPSA) is 0 Å². The highest BCUT2D eigenvalue weighted by atomic mass is 19.2. The monoisotopic (exact) mass is 366 g/mol. The minimum atomic E-state index is -0.841. The standard InChI is InChI=1S/C26H16F2/c27-24-16-15-23(21-13-5-9-17-7-1-3-11-19(17)21)25(26(24)28)22-14-6-10-18-8-2-4-12-20(18)22/h1-16H. The molecule has 0 aliphatic heterocycles. The Balaban J connectivity index is 1.90. The van der Waals surface area contributed by atoms with Crippen LogP contribution in [-0.2, 0) is 0 Å². The maximum atomic E-state index is 15.2. The van der Waals surface area contributed by atoms with Gasteiger partial charge in [0.05, 0.1) is 0 Å². The van der Waals surface area contributed by atoms with Crippen molar-refractivity contribution >= 4 is 21.5 Å². The average molecular weight is 366 g/mol. The van der Waals surface area contributed by atoms with Crippen LogP contribution in [0.15, 0.2) is 97.1 Å². The van der Waals surface area contributed by atoms with E-state index in [0.717, 1.165) is 27.1 Å². The molecule has 0 aromatic heterocycles. The second-order valence-corrected chi connectivity index (χ2v) is 6.84. The zero-order chi connectivity index (χ0) is 19.1. The van der Waals surface area contributed by atoms with E-state index in [1.54, 1.807) is 6.07 Å². The zero-order valence-electron chi connectivity index (χ0n) is 15.0. The predicted molar refractivity (Wildman–Crippen MR) is 112 cm³/mol. The van der Waals surface area contributed by atoms with Gasteiger partial charge >= 0.3 is 0 Å². The third-order valence-corrected chi connectivity index (χ3v) is 5.23. The number of fused-ring (bicyclic) bond motifs is 2. The smallest absolute Gasteiger partial charge is 0.167 e. The lowest BCUT2D eigenvalue weighted by atomic mass is 9.89. The molecule has 0 fully saturated rings. The summed E-state index contributed by atoms with van der Waals surface area (Å²) in [5.41, 5.74) is 2.57. The molecule has 0 saturated carbocycles. The maximum Gasteiger partial charge on any atom is 0.167 e. The van der Waals surface area contributed by atoms with Crippen LogP contribution in [0.25, 0.3) is 43.8 Å². The highest BCUT2D eigenvalue weighted by molar-refractivity contribution is 6.05. The molecule has 5 aromatic carbocycles. The van der Waals surface area contributed by atoms with Gasteiger partial charge in [0, 0.05) is 5.56 Å². The molecule has 0 radical (unpaired) electrons. The predicted octanol–water partition coefficient (Wildman–Crippen LogP) is 7.61. The molecular weight excluding hydrogens is 350 g/mol. The lowest BCUT2D eigenvalue weighted by Crippen LogP contribution is -1.95. The molecule has 0 spiro atoms. The lowest BCUT2D eigenvalue weighted by molar-refractivity contribution is 0.511. The van der Waals surface area contributed by atoms with Crippen LogP contribution in [0, 0.1) is 11.6 Å². The second kappa shape index (κ2) is 6.58. The molecule has 0 saturated heterocycles. The summed E-state index contributed by atoms with van der Waals surface area (Å²) in [5.74, 6) is -1.66. The Hall–Kier alpha value is -3.52. The summed E-state index contributed by atoms with van der Waals surface area (Å²) in [4.78, 5) is 0. The van der Waals surface area contributed by atoms with E-state index >= 15 is 4.39 Å². The third kappa shape index (κ3) is 2.57. The van der Waals surface area contributed by atoms with E-state index in [1.807, 2.05) is 84.9 Å². The Bertz CT molecular complexity index is 1320. The molecule has 28 heavy (non-hydrogen) atoms. The quantitative estimate of drug-likeness (QED) is 0.302. The molecule has 0 nitrogen and oxygen atoms in total. The first-order chi connectivity index (χ1) is 13.7. The molecular formula is C26H16F2. The van der Waals surface area contributed by atoms with E-state index in [0.29, 0.717) is 16.7 Å². The molecule has 0 amide bonds. The van der Waals surface area contributed by atoms with E-state index in [2.05, 4.69) is 0 Å². The van der Waals surface area contributed by atoms with Crippen LogP contribution in [0.5, 0.6) is 0 Å². The number of halogens is 2. The van der Waals surface area contributed by atoms with E-state index in [-0.39, 0.29) is 0 Å². The van der Waals surface area contributed by atoms with Crippen LogP contribution in [0.1, 0.15) is 0 Å². The number of benzene rings is 5. The fourth-order valence-electron chi connectivity index (χ4n) is 3.94. The van der Waals surface area contributed by atoms with Crippen molar-refractivity contribution in [3.63, 3.8) is 0 Å². The van der Waals surface area contributed by atoms with E-state index in [4.69, 9.17) is 0 Å². The Kier molecular flexibility index (Phi) is 3.91. The summed E-state index contributed by atoms with van der Waals surface area (Å²) >= 11 is 0. The molecule has 0 atom stereocenters. The molecule has 134 valence electrons. The highest BCUT2D eigenvalue weighted by Gasteiger charge is 2.19. The summed E-state index contributed by atoms with van der Waals surface area (Å²) in [5, 5.41) is 3.97. The fourth-order valence-corrected chi connectivity index (χ4v) is 3.94. The van der Waals surface area contributed by atoms with Gasteiger partial charge in [0.25, 0.3) is 0 Å². The van der Waals surface area contributed by atoms with Gasteiger partial charge in [-0.05, 0) is 44.3 Å². The van der Waals surface area contributed by atoms with Gasteiger partial charge in [-0.25, -0.2) is 8.78 Å². The van der Waals surface area contributed by atoms with Crippen LogP contribution in [0.2, 0.25) is 0 Å². The fraction of sp³-hybridized carbons (Fsp3) is 0. The maximum absolute atomic E-state index is 15.2. The van der Waals surface area contributed by atoms with Crippen molar-refractivity contribution in [1.82, 2.24) is 0 Å². The van der Waals surface area contributed by atoms with Gasteiger partial charge in [-0.1, -0.05) is 91.0 Å². The van der Waals surface area contributed by atoms with Gasteiger partial charge in [-0.15, -0.1) is 0 Å². The van der Waals surface area contributed by atoms with Gasteiger partial charge in [-0.2, -0.15) is 0 Å². The first-order valence-corrected chi connectivity index (χ1v) is 9.18. The normalized spacial score (nSPS) is 11.2. The van der Waals surface area contributed by atoms with E-state index < -0.39 is 11.6 Å². The SMILES string of the molecule is Fc1ccc(-c2cccc3ccccc23)c(-c2cccc3ccccc23)c1F. The van der Waals surface area contributed by atoms with Crippen molar-refractivity contribution < 1.29 is 8.78 Å². The Morgan fingerprint density at radius 3 is 1.64 bits per heavy atom. The number of hydrogen-bond acceptors (Lipinski definition) is 0. The first-order valence-electron chi connectivity index (χ1n) is 9.18. The van der Waals surface area contributed by atoms with Crippen molar-refractivity contribution in [2.45, 2.75) is 0 Å². The molecule has 0 N–H and O–H groups in total. The summed E-state index contributed by atoms with van der Waals surface area (Å²) in [6, 6.07) is 30.3. The Morgan fingerprint density at radius 2 is 0.964 bits per heavy atom. The molecule has 0 heterocycles. The van der Waals surface area contributed by atoms with Crippen LogP contribution < -0.4 is 0 Å². The lowest BCUT2D eigenvalue weighted by Gasteiger charge is -2.16. The Labute approximate surface area is 161 Å². The van der Waals surface area contributed by atoms with E-state index in [9.17, 15) is 4.39 Å². The van der Waals surface area contributed by atoms with Crippen LogP contribution in [-0.4, -0.2) is 0 Å². The molecule has 0 bridgehead atoms. The summed E-state index contributed by atoms with van der Waals surface area (Å²) < 4.78 is 29.5. The van der Waals surface area contributed by atoms with Gasteiger partial charge in [0.15, 0.2) is 11.6 Å². The Morgan fingerprint density at radius 1 is 0.429 bits per heavy atom. The summed E-state index contributed by atoms with van der Waals surface area (Å²) in [6.07, 6.45) is 0. The molecule has 0 aliphatic carbocycles.